The van der Waals surface area contributed by atoms with Crippen molar-refractivity contribution in [3.63, 3.8) is 0 Å². The van der Waals surface area contributed by atoms with Gasteiger partial charge in [0.15, 0.2) is 0 Å². The third-order valence-corrected chi connectivity index (χ3v) is 2.83. The summed E-state index contributed by atoms with van der Waals surface area (Å²) in [7, 11) is 0. The number of carbonyl (C=O) groups is 1. The summed E-state index contributed by atoms with van der Waals surface area (Å²) in [5.74, 6) is 0. The minimum absolute atomic E-state index is 0.369. The van der Waals surface area contributed by atoms with E-state index in [0.29, 0.717) is 0 Å². The van der Waals surface area contributed by atoms with E-state index in [1.54, 1.807) is 11.8 Å². The van der Waals surface area contributed by atoms with Crippen molar-refractivity contribution in [3.05, 3.63) is 29.8 Å². The van der Waals surface area contributed by atoms with Gasteiger partial charge < -0.3 is 4.79 Å². The van der Waals surface area contributed by atoms with Crippen molar-refractivity contribution in [2.75, 3.05) is 6.26 Å². The van der Waals surface area contributed by atoms with Crippen molar-refractivity contribution >= 4 is 18.0 Å². The summed E-state index contributed by atoms with van der Waals surface area (Å²) in [5.41, 5.74) is 0.709. The first-order valence-electron chi connectivity index (χ1n) is 4.21. The molecule has 0 aromatic heterocycles. The molecule has 0 bridgehead atoms. The topological polar surface area (TPSA) is 17.1 Å². The van der Waals surface area contributed by atoms with Gasteiger partial charge in [0.05, 0.1) is 0 Å². The SMILES string of the molecule is CSc1cccc(C(C)(C)C=O)c1. The Labute approximate surface area is 83.5 Å². The molecule has 70 valence electrons. The molecule has 0 fully saturated rings. The molecule has 0 unspecified atom stereocenters. The lowest BCUT2D eigenvalue weighted by Crippen LogP contribution is -2.18. The summed E-state index contributed by atoms with van der Waals surface area (Å²) in [6, 6.07) is 8.11. The second-order valence-electron chi connectivity index (χ2n) is 3.57. The second kappa shape index (κ2) is 3.97. The standard InChI is InChI=1S/C11H14OS/c1-11(2,8-12)9-5-4-6-10(7-9)13-3/h4-8H,1-3H3. The minimum Gasteiger partial charge on any atom is -0.302 e. The first-order chi connectivity index (χ1) is 6.10. The first-order valence-corrected chi connectivity index (χ1v) is 5.43. The van der Waals surface area contributed by atoms with E-state index in [4.69, 9.17) is 0 Å². The number of hydrogen-bond acceptors (Lipinski definition) is 2. The normalized spacial score (nSPS) is 11.3. The zero-order chi connectivity index (χ0) is 9.90. The molecule has 0 radical (unpaired) electrons. The van der Waals surface area contributed by atoms with Crippen molar-refractivity contribution in [1.29, 1.82) is 0 Å². The Bertz CT molecular complexity index is 305. The maximum absolute atomic E-state index is 10.8. The fourth-order valence-electron chi connectivity index (χ4n) is 1.09. The predicted octanol–water partition coefficient (Wildman–Crippen LogP) is 2.89. The quantitative estimate of drug-likeness (QED) is 0.543. The fourth-order valence-corrected chi connectivity index (χ4v) is 1.55. The molecule has 1 rings (SSSR count). The molecule has 0 amide bonds. The molecule has 0 aliphatic carbocycles. The zero-order valence-electron chi connectivity index (χ0n) is 8.20. The van der Waals surface area contributed by atoms with E-state index in [1.807, 2.05) is 32.2 Å². The van der Waals surface area contributed by atoms with E-state index < -0.39 is 0 Å². The van der Waals surface area contributed by atoms with Crippen LogP contribution in [0.15, 0.2) is 29.2 Å². The number of carbonyl (C=O) groups excluding carboxylic acids is 1. The molecule has 13 heavy (non-hydrogen) atoms. The lowest BCUT2D eigenvalue weighted by Gasteiger charge is -2.17. The first kappa shape index (κ1) is 10.3. The number of aldehydes is 1. The highest BCUT2D eigenvalue weighted by molar-refractivity contribution is 7.98. The van der Waals surface area contributed by atoms with Crippen molar-refractivity contribution in [3.8, 4) is 0 Å². The average molecular weight is 194 g/mol. The molecule has 0 N–H and O–H groups in total. The Morgan fingerprint density at radius 2 is 2.08 bits per heavy atom. The van der Waals surface area contributed by atoms with E-state index in [2.05, 4.69) is 12.1 Å². The van der Waals surface area contributed by atoms with Crippen molar-refractivity contribution < 1.29 is 4.79 Å². The highest BCUT2D eigenvalue weighted by Crippen LogP contribution is 2.24. The van der Waals surface area contributed by atoms with Crippen molar-refractivity contribution in [2.45, 2.75) is 24.2 Å². The molecule has 0 saturated carbocycles. The van der Waals surface area contributed by atoms with Gasteiger partial charge in [-0.15, -0.1) is 11.8 Å². The molecule has 0 heterocycles. The number of benzene rings is 1. The third-order valence-electron chi connectivity index (χ3n) is 2.11. The van der Waals surface area contributed by atoms with E-state index in [0.717, 1.165) is 11.8 Å². The summed E-state index contributed by atoms with van der Waals surface area (Å²) < 4.78 is 0. The van der Waals surface area contributed by atoms with Crippen molar-refractivity contribution in [2.24, 2.45) is 0 Å². The van der Waals surface area contributed by atoms with Gasteiger partial charge in [-0.2, -0.15) is 0 Å². The second-order valence-corrected chi connectivity index (χ2v) is 4.45. The van der Waals surface area contributed by atoms with Crippen LogP contribution in [0.4, 0.5) is 0 Å². The van der Waals surface area contributed by atoms with Gasteiger partial charge in [0.1, 0.15) is 6.29 Å². The summed E-state index contributed by atoms with van der Waals surface area (Å²) >= 11 is 1.69. The van der Waals surface area contributed by atoms with Crippen LogP contribution in [-0.4, -0.2) is 12.5 Å². The average Bonchev–Trinajstić information content (AvgIpc) is 2.18. The largest absolute Gasteiger partial charge is 0.302 e. The van der Waals surface area contributed by atoms with Gasteiger partial charge in [0.2, 0.25) is 0 Å². The van der Waals surface area contributed by atoms with Gasteiger partial charge in [0, 0.05) is 10.3 Å². The highest BCUT2D eigenvalue weighted by Gasteiger charge is 2.19. The van der Waals surface area contributed by atoms with Crippen LogP contribution in [-0.2, 0) is 10.2 Å². The van der Waals surface area contributed by atoms with Crippen LogP contribution >= 0.6 is 11.8 Å². The minimum atomic E-state index is -0.369. The monoisotopic (exact) mass is 194 g/mol. The number of thioether (sulfide) groups is 1. The zero-order valence-corrected chi connectivity index (χ0v) is 9.02. The maximum atomic E-state index is 10.8. The molecular formula is C11H14OS. The maximum Gasteiger partial charge on any atom is 0.129 e. The number of hydrogen-bond donors (Lipinski definition) is 0. The summed E-state index contributed by atoms with van der Waals surface area (Å²) in [6.45, 7) is 3.86. The molecule has 0 saturated heterocycles. The van der Waals surface area contributed by atoms with E-state index in [9.17, 15) is 4.79 Å². The highest BCUT2D eigenvalue weighted by atomic mass is 32.2. The van der Waals surface area contributed by atoms with Crippen LogP contribution in [0.2, 0.25) is 0 Å². The van der Waals surface area contributed by atoms with Crippen LogP contribution in [0.5, 0.6) is 0 Å². The summed E-state index contributed by atoms with van der Waals surface area (Å²) in [5, 5.41) is 0. The van der Waals surface area contributed by atoms with E-state index >= 15 is 0 Å². The molecule has 0 atom stereocenters. The van der Waals surface area contributed by atoms with Gasteiger partial charge in [-0.25, -0.2) is 0 Å². The van der Waals surface area contributed by atoms with Crippen LogP contribution in [0.3, 0.4) is 0 Å². The van der Waals surface area contributed by atoms with Crippen LogP contribution in [0.25, 0.3) is 0 Å². The lowest BCUT2D eigenvalue weighted by molar-refractivity contribution is -0.111. The molecule has 0 aliphatic heterocycles. The predicted molar refractivity (Wildman–Crippen MR) is 57.3 cm³/mol. The molecule has 1 nitrogen and oxygen atoms in total. The Balaban J connectivity index is 3.08. The Kier molecular flexibility index (Phi) is 3.15. The fraction of sp³-hybridized carbons (Fsp3) is 0.364. The van der Waals surface area contributed by atoms with Crippen molar-refractivity contribution in [1.82, 2.24) is 0 Å². The summed E-state index contributed by atoms with van der Waals surface area (Å²) in [6.07, 6.45) is 3.03. The smallest absolute Gasteiger partial charge is 0.129 e. The lowest BCUT2D eigenvalue weighted by atomic mass is 9.86. The molecule has 1 aromatic rings. The molecular weight excluding hydrogens is 180 g/mol. The Morgan fingerprint density at radius 3 is 2.62 bits per heavy atom. The van der Waals surface area contributed by atoms with Crippen LogP contribution in [0, 0.1) is 0 Å². The van der Waals surface area contributed by atoms with Gasteiger partial charge >= 0.3 is 0 Å². The molecule has 0 aliphatic rings. The molecule has 1 aromatic carbocycles. The molecule has 2 heteroatoms. The van der Waals surface area contributed by atoms with Gasteiger partial charge in [-0.3, -0.25) is 0 Å². The van der Waals surface area contributed by atoms with Gasteiger partial charge in [0.25, 0.3) is 0 Å². The molecule has 0 spiro atoms. The van der Waals surface area contributed by atoms with Gasteiger partial charge in [-0.05, 0) is 37.8 Å². The third kappa shape index (κ3) is 2.34. The van der Waals surface area contributed by atoms with Crippen LogP contribution < -0.4 is 0 Å². The Morgan fingerprint density at radius 1 is 1.38 bits per heavy atom. The Hall–Kier alpha value is -0.760. The van der Waals surface area contributed by atoms with Gasteiger partial charge in [-0.1, -0.05) is 12.1 Å². The summed E-state index contributed by atoms with van der Waals surface area (Å²) in [4.78, 5) is 12.0. The van der Waals surface area contributed by atoms with E-state index in [-0.39, 0.29) is 5.41 Å². The van der Waals surface area contributed by atoms with Crippen LogP contribution in [0.1, 0.15) is 19.4 Å². The number of rotatable bonds is 3. The van der Waals surface area contributed by atoms with E-state index in [1.165, 1.54) is 4.90 Å².